The summed E-state index contributed by atoms with van der Waals surface area (Å²) in [5, 5.41) is 14.0. The second-order valence-electron chi connectivity index (χ2n) is 6.69. The molecule has 7 nitrogen and oxygen atoms in total. The fraction of sp³-hybridized carbons (Fsp3) is 0.375. The molecular weight excluding hydrogens is 307 g/mol. The van der Waals surface area contributed by atoms with Crippen molar-refractivity contribution in [2.24, 2.45) is 5.92 Å². The first kappa shape index (κ1) is 13.9. The maximum absolute atomic E-state index is 12.1. The van der Waals surface area contributed by atoms with E-state index in [4.69, 9.17) is 4.65 Å². The van der Waals surface area contributed by atoms with Crippen LogP contribution in [0.5, 0.6) is 5.75 Å². The SMILES string of the molecule is O=C(NC1CC1)N1CC(C2=CB(O)Oc3cnc4[nH]ccc4c32)C1. The zero-order valence-corrected chi connectivity index (χ0v) is 13.0. The first-order chi connectivity index (χ1) is 11.7. The van der Waals surface area contributed by atoms with E-state index in [1.165, 1.54) is 0 Å². The Morgan fingerprint density at radius 1 is 1.46 bits per heavy atom. The van der Waals surface area contributed by atoms with E-state index in [0.29, 0.717) is 24.9 Å². The number of carbonyl (C=O) groups excluding carboxylic acids is 1. The van der Waals surface area contributed by atoms with Crippen molar-refractivity contribution in [1.29, 1.82) is 0 Å². The van der Waals surface area contributed by atoms with Crippen molar-refractivity contribution in [3.63, 3.8) is 0 Å². The monoisotopic (exact) mass is 324 g/mol. The second-order valence-corrected chi connectivity index (χ2v) is 6.69. The molecule has 4 heterocycles. The van der Waals surface area contributed by atoms with Crippen LogP contribution in [0.1, 0.15) is 18.4 Å². The highest BCUT2D eigenvalue weighted by Crippen LogP contribution is 2.41. The number of fused-ring (bicyclic) bond motifs is 3. The lowest BCUT2D eigenvalue weighted by Crippen LogP contribution is -2.54. The number of urea groups is 1. The highest BCUT2D eigenvalue weighted by Gasteiger charge is 2.39. The maximum atomic E-state index is 12.1. The van der Waals surface area contributed by atoms with Gasteiger partial charge in [-0.1, -0.05) is 0 Å². The Morgan fingerprint density at radius 2 is 2.29 bits per heavy atom. The van der Waals surface area contributed by atoms with Gasteiger partial charge >= 0.3 is 13.1 Å². The molecule has 24 heavy (non-hydrogen) atoms. The van der Waals surface area contributed by atoms with Crippen LogP contribution in [-0.4, -0.2) is 52.2 Å². The quantitative estimate of drug-likeness (QED) is 0.723. The lowest BCUT2D eigenvalue weighted by atomic mass is 9.75. The average molecular weight is 324 g/mol. The van der Waals surface area contributed by atoms with Crippen LogP contribution in [0.3, 0.4) is 0 Å². The molecule has 1 saturated heterocycles. The van der Waals surface area contributed by atoms with Crippen LogP contribution >= 0.6 is 0 Å². The largest absolute Gasteiger partial charge is 0.552 e. The maximum Gasteiger partial charge on any atom is 0.552 e. The predicted molar refractivity (Wildman–Crippen MR) is 89.3 cm³/mol. The molecule has 8 heteroatoms. The third-order valence-electron chi connectivity index (χ3n) is 4.92. The molecule has 2 aromatic rings. The number of likely N-dealkylation sites (tertiary alicyclic amines) is 1. The molecule has 3 aliphatic rings. The lowest BCUT2D eigenvalue weighted by Gasteiger charge is -2.41. The van der Waals surface area contributed by atoms with Gasteiger partial charge < -0.3 is 24.9 Å². The van der Waals surface area contributed by atoms with Gasteiger partial charge in [0.2, 0.25) is 0 Å². The van der Waals surface area contributed by atoms with Crippen LogP contribution in [0.25, 0.3) is 16.6 Å². The van der Waals surface area contributed by atoms with E-state index in [2.05, 4.69) is 15.3 Å². The van der Waals surface area contributed by atoms with E-state index in [1.54, 1.807) is 12.2 Å². The number of hydrogen-bond acceptors (Lipinski definition) is 4. The Labute approximate surface area is 138 Å². The van der Waals surface area contributed by atoms with Crippen molar-refractivity contribution >= 4 is 29.8 Å². The number of aromatic nitrogens is 2. The normalized spacial score (nSPS) is 20.3. The van der Waals surface area contributed by atoms with Crippen LogP contribution in [0.4, 0.5) is 4.79 Å². The fourth-order valence-electron chi connectivity index (χ4n) is 3.45. The summed E-state index contributed by atoms with van der Waals surface area (Å²) in [6.07, 6.45) is 5.66. The van der Waals surface area contributed by atoms with Gasteiger partial charge in [-0.3, -0.25) is 0 Å². The van der Waals surface area contributed by atoms with Crippen molar-refractivity contribution in [3.05, 3.63) is 30.0 Å². The number of pyridine rings is 1. The van der Waals surface area contributed by atoms with Gasteiger partial charge in [-0.05, 0) is 30.5 Å². The van der Waals surface area contributed by atoms with E-state index < -0.39 is 7.12 Å². The number of amides is 2. The summed E-state index contributed by atoms with van der Waals surface area (Å²) >= 11 is 0. The molecule has 0 unspecified atom stereocenters. The van der Waals surface area contributed by atoms with Crippen LogP contribution in [0, 0.1) is 5.92 Å². The van der Waals surface area contributed by atoms with Gasteiger partial charge in [0, 0.05) is 42.2 Å². The Hall–Kier alpha value is -2.48. The third kappa shape index (κ3) is 2.17. The smallest absolute Gasteiger partial charge is 0.531 e. The van der Waals surface area contributed by atoms with Gasteiger partial charge in [-0.15, -0.1) is 0 Å². The first-order valence-corrected chi connectivity index (χ1v) is 8.27. The minimum absolute atomic E-state index is 0.0173. The molecule has 0 aromatic carbocycles. The Morgan fingerprint density at radius 3 is 3.08 bits per heavy atom. The zero-order chi connectivity index (χ0) is 16.3. The minimum atomic E-state index is -0.972. The molecule has 122 valence electrons. The molecule has 1 saturated carbocycles. The summed E-state index contributed by atoms with van der Waals surface area (Å²) in [6.45, 7) is 1.32. The lowest BCUT2D eigenvalue weighted by molar-refractivity contribution is 0.144. The molecule has 5 rings (SSSR count). The number of aromatic amines is 1. The summed E-state index contributed by atoms with van der Waals surface area (Å²) in [5.74, 6) is 2.54. The van der Waals surface area contributed by atoms with Crippen molar-refractivity contribution in [2.75, 3.05) is 13.1 Å². The molecule has 0 radical (unpaired) electrons. The Balaban J connectivity index is 1.42. The molecule has 0 atom stereocenters. The van der Waals surface area contributed by atoms with Crippen molar-refractivity contribution < 1.29 is 14.5 Å². The number of H-pyrrole nitrogens is 1. The molecule has 2 aromatic heterocycles. The van der Waals surface area contributed by atoms with Crippen LogP contribution < -0.4 is 9.97 Å². The van der Waals surface area contributed by atoms with Crippen LogP contribution in [-0.2, 0) is 0 Å². The number of nitrogens with zero attached hydrogens (tertiary/aromatic N) is 2. The number of rotatable bonds is 2. The summed E-state index contributed by atoms with van der Waals surface area (Å²) in [7, 11) is -0.972. The minimum Gasteiger partial charge on any atom is -0.531 e. The summed E-state index contributed by atoms with van der Waals surface area (Å²) < 4.78 is 5.50. The van der Waals surface area contributed by atoms with Crippen molar-refractivity contribution in [2.45, 2.75) is 18.9 Å². The zero-order valence-electron chi connectivity index (χ0n) is 13.0. The third-order valence-corrected chi connectivity index (χ3v) is 4.92. The van der Waals surface area contributed by atoms with E-state index in [-0.39, 0.29) is 11.9 Å². The molecule has 2 aliphatic heterocycles. The molecule has 0 spiro atoms. The van der Waals surface area contributed by atoms with Crippen molar-refractivity contribution in [1.82, 2.24) is 20.2 Å². The van der Waals surface area contributed by atoms with Gasteiger partial charge in [0.05, 0.1) is 6.20 Å². The van der Waals surface area contributed by atoms with Gasteiger partial charge in [0.1, 0.15) is 11.4 Å². The van der Waals surface area contributed by atoms with E-state index >= 15 is 0 Å². The van der Waals surface area contributed by atoms with Crippen molar-refractivity contribution in [3.8, 4) is 5.75 Å². The Bertz CT molecular complexity index is 854. The first-order valence-electron chi connectivity index (χ1n) is 8.27. The summed E-state index contributed by atoms with van der Waals surface area (Å²) in [6, 6.07) is 2.35. The number of nitrogens with one attached hydrogen (secondary N) is 2. The molecule has 2 amide bonds. The van der Waals surface area contributed by atoms with E-state index in [0.717, 1.165) is 35.0 Å². The highest BCUT2D eigenvalue weighted by atomic mass is 16.5. The van der Waals surface area contributed by atoms with Gasteiger partial charge in [0.25, 0.3) is 0 Å². The van der Waals surface area contributed by atoms with Gasteiger partial charge in [-0.25, -0.2) is 9.78 Å². The molecule has 2 fully saturated rings. The Kier molecular flexibility index (Phi) is 2.90. The summed E-state index contributed by atoms with van der Waals surface area (Å²) in [4.78, 5) is 21.3. The molecule has 0 bridgehead atoms. The number of carbonyl (C=O) groups is 1. The highest BCUT2D eigenvalue weighted by molar-refractivity contribution is 6.52. The van der Waals surface area contributed by atoms with Crippen LogP contribution in [0.2, 0.25) is 0 Å². The fourth-order valence-corrected chi connectivity index (χ4v) is 3.45. The molecule has 3 N–H and O–H groups in total. The topological polar surface area (TPSA) is 90.5 Å². The summed E-state index contributed by atoms with van der Waals surface area (Å²) in [5.41, 5.74) is 2.80. The second kappa shape index (κ2) is 5.01. The van der Waals surface area contributed by atoms with E-state index in [9.17, 15) is 9.82 Å². The molecule has 1 aliphatic carbocycles. The average Bonchev–Trinajstić information content (AvgIpc) is 3.18. The molecular formula is C16H17BN4O3. The number of hydrogen-bond donors (Lipinski definition) is 3. The van der Waals surface area contributed by atoms with Gasteiger partial charge in [-0.2, -0.15) is 0 Å². The van der Waals surface area contributed by atoms with Crippen LogP contribution in [0.15, 0.2) is 24.4 Å². The van der Waals surface area contributed by atoms with E-state index in [1.807, 2.05) is 17.2 Å². The van der Waals surface area contributed by atoms with Gasteiger partial charge in [0.15, 0.2) is 0 Å². The standard InChI is InChI=1S/C16H17BN4O3/c22-16(20-10-1-2-10)21-7-9(8-21)12-5-17(23)24-13-6-19-15-11(14(12)13)3-4-18-15/h3-6,9-10,23H,1-2,7-8H2,(H,18,19)(H,20,22). The predicted octanol–water partition coefficient (Wildman–Crippen LogP) is 1.16.